The molecule has 91 heavy (non-hydrogen) atoms. The molecular formula is C82H54N6O3. The van der Waals surface area contributed by atoms with E-state index < -0.39 is 0 Å². The van der Waals surface area contributed by atoms with Gasteiger partial charge in [-0.05, 0) is 123 Å². The summed E-state index contributed by atoms with van der Waals surface area (Å²) in [6, 6.07) is 81.8. The number of para-hydroxylation sites is 1. The average Bonchev–Trinajstić information content (AvgIpc) is 1.66. The van der Waals surface area contributed by atoms with Crippen LogP contribution in [0.25, 0.3) is 173 Å². The Labute approximate surface area is 523 Å². The second-order valence-electron chi connectivity index (χ2n) is 23.8. The first kappa shape index (κ1) is 53.3. The lowest BCUT2D eigenvalue weighted by Gasteiger charge is -2.21. The molecule has 1 aliphatic carbocycles. The standard InChI is InChI=1S/C82H54N6O3/c1-5-6-9-22-48(2)76-83-79(88-80(84-76)59-32-20-37-70-73(59)63-45-53(40-42-69(63)90-70)56-31-19-35-66-72(56)58-30-14-16-34-65(58)82(66,3)4)54-28-18-27-52(43-54)61-46-55(51-39-41-68-62(44-51)57-29-15-17-36-67(57)89-68)47-64-74-60(33-21-38-71(74)91-75(61)64)81-86-77(49-23-10-7-11-24-49)85-78(87-81)50-25-12-8-13-26-50/h5-47H,1H2,2-4H3/b9-6-,48-22+. The van der Waals surface area contributed by atoms with Gasteiger partial charge >= 0.3 is 0 Å². The molecule has 430 valence electrons. The fourth-order valence-corrected chi connectivity index (χ4v) is 13.5. The topological polar surface area (TPSA) is 117 Å². The van der Waals surface area contributed by atoms with Crippen LogP contribution in [0.2, 0.25) is 0 Å². The molecule has 11 aromatic carbocycles. The summed E-state index contributed by atoms with van der Waals surface area (Å²) in [7, 11) is 0. The molecule has 17 rings (SSSR count). The predicted octanol–water partition coefficient (Wildman–Crippen LogP) is 21.5. The van der Waals surface area contributed by atoms with Crippen molar-refractivity contribution in [3.63, 3.8) is 0 Å². The van der Waals surface area contributed by atoms with Gasteiger partial charge in [0, 0.05) is 71.1 Å². The maximum Gasteiger partial charge on any atom is 0.164 e. The van der Waals surface area contributed by atoms with Crippen LogP contribution in [-0.2, 0) is 5.41 Å². The van der Waals surface area contributed by atoms with Crippen LogP contribution in [0, 0.1) is 0 Å². The highest BCUT2D eigenvalue weighted by Crippen LogP contribution is 2.53. The van der Waals surface area contributed by atoms with Gasteiger partial charge in [-0.1, -0.05) is 221 Å². The largest absolute Gasteiger partial charge is 0.456 e. The SMILES string of the molecule is C=C/C=C\C=C(/C)c1nc(-c2cccc(-c3cc(-c4ccc5oc6ccccc6c5c4)cc4c3oc3cccc(-c5nc(-c6ccccc6)nc(-c6ccccc6)n5)c34)c2)nc(-c2cccc3oc4ccc(-c5cccc6c5-c5ccccc5C6(C)C)cc4c23)n1. The first-order valence-corrected chi connectivity index (χ1v) is 30.5. The smallest absolute Gasteiger partial charge is 0.164 e. The molecule has 0 saturated heterocycles. The van der Waals surface area contributed by atoms with E-state index in [1.807, 2.05) is 122 Å². The summed E-state index contributed by atoms with van der Waals surface area (Å²) in [5.74, 6) is 3.22. The van der Waals surface area contributed by atoms with Crippen molar-refractivity contribution >= 4 is 71.4 Å². The number of benzene rings is 11. The second-order valence-corrected chi connectivity index (χ2v) is 23.8. The highest BCUT2D eigenvalue weighted by atomic mass is 16.3. The van der Waals surface area contributed by atoms with Crippen molar-refractivity contribution in [1.29, 1.82) is 0 Å². The molecule has 0 aliphatic heterocycles. The first-order valence-electron chi connectivity index (χ1n) is 30.5. The van der Waals surface area contributed by atoms with Gasteiger partial charge in [-0.25, -0.2) is 29.9 Å². The van der Waals surface area contributed by atoms with Gasteiger partial charge in [0.1, 0.15) is 33.5 Å². The number of furan rings is 3. The summed E-state index contributed by atoms with van der Waals surface area (Å²) < 4.78 is 20.2. The number of allylic oxidation sites excluding steroid dienone is 5. The quantitative estimate of drug-likeness (QED) is 0.117. The molecule has 0 unspecified atom stereocenters. The van der Waals surface area contributed by atoms with Gasteiger partial charge in [0.25, 0.3) is 0 Å². The molecule has 9 heteroatoms. The average molecular weight is 1170 g/mol. The number of rotatable bonds is 11. The molecule has 1 aliphatic rings. The fraction of sp³-hybridized carbons (Fsp3) is 0.0488. The predicted molar refractivity (Wildman–Crippen MR) is 369 cm³/mol. The Morgan fingerprint density at radius 2 is 0.857 bits per heavy atom. The third kappa shape index (κ3) is 8.92. The van der Waals surface area contributed by atoms with Crippen molar-refractivity contribution in [3.05, 3.63) is 284 Å². The van der Waals surface area contributed by atoms with Gasteiger partial charge in [0.2, 0.25) is 0 Å². The van der Waals surface area contributed by atoms with Gasteiger partial charge in [0.15, 0.2) is 34.9 Å². The lowest BCUT2D eigenvalue weighted by molar-refractivity contribution is 0.660. The summed E-state index contributed by atoms with van der Waals surface area (Å²) in [6.07, 6.45) is 7.60. The summed E-state index contributed by atoms with van der Waals surface area (Å²) >= 11 is 0. The maximum absolute atomic E-state index is 7.15. The van der Waals surface area contributed by atoms with E-state index in [0.29, 0.717) is 46.1 Å². The van der Waals surface area contributed by atoms with E-state index in [4.69, 9.17) is 43.2 Å². The van der Waals surface area contributed by atoms with Crippen molar-refractivity contribution in [2.45, 2.75) is 26.2 Å². The molecule has 0 radical (unpaired) electrons. The molecule has 9 nitrogen and oxygen atoms in total. The van der Waals surface area contributed by atoms with Crippen molar-refractivity contribution in [3.8, 4) is 101 Å². The van der Waals surface area contributed by atoms with Crippen molar-refractivity contribution in [1.82, 2.24) is 29.9 Å². The van der Waals surface area contributed by atoms with E-state index in [2.05, 4.69) is 160 Å². The van der Waals surface area contributed by atoms with Crippen LogP contribution in [0.5, 0.6) is 0 Å². The Morgan fingerprint density at radius 1 is 0.352 bits per heavy atom. The van der Waals surface area contributed by atoms with Gasteiger partial charge in [-0.2, -0.15) is 0 Å². The molecule has 0 N–H and O–H groups in total. The Bertz CT molecular complexity index is 5670. The van der Waals surface area contributed by atoms with Gasteiger partial charge < -0.3 is 13.3 Å². The van der Waals surface area contributed by atoms with E-state index in [-0.39, 0.29) is 5.41 Å². The summed E-state index contributed by atoms with van der Waals surface area (Å²) in [5.41, 5.74) is 20.7. The Hall–Kier alpha value is -11.9. The molecule has 16 aromatic rings. The van der Waals surface area contributed by atoms with Crippen LogP contribution in [0.4, 0.5) is 0 Å². The fourth-order valence-electron chi connectivity index (χ4n) is 13.5. The summed E-state index contributed by atoms with van der Waals surface area (Å²) in [4.78, 5) is 31.5. The molecule has 0 saturated carbocycles. The van der Waals surface area contributed by atoms with Crippen molar-refractivity contribution in [2.24, 2.45) is 0 Å². The number of hydrogen-bond donors (Lipinski definition) is 0. The first-order chi connectivity index (χ1) is 44.7. The highest BCUT2D eigenvalue weighted by molar-refractivity contribution is 6.17. The van der Waals surface area contributed by atoms with Crippen LogP contribution in [0.1, 0.15) is 37.7 Å². The van der Waals surface area contributed by atoms with E-state index in [1.165, 1.54) is 27.8 Å². The molecule has 0 amide bonds. The number of aromatic nitrogens is 6. The summed E-state index contributed by atoms with van der Waals surface area (Å²) in [6.45, 7) is 10.6. The van der Waals surface area contributed by atoms with Crippen LogP contribution in [0.3, 0.4) is 0 Å². The second kappa shape index (κ2) is 21.1. The van der Waals surface area contributed by atoms with Crippen molar-refractivity contribution < 1.29 is 13.3 Å². The Balaban J connectivity index is 0.854. The molecule has 0 fully saturated rings. The molecule has 5 aromatic heterocycles. The zero-order valence-corrected chi connectivity index (χ0v) is 49.9. The highest BCUT2D eigenvalue weighted by Gasteiger charge is 2.37. The van der Waals surface area contributed by atoms with E-state index in [9.17, 15) is 0 Å². The van der Waals surface area contributed by atoms with Gasteiger partial charge in [0.05, 0.1) is 0 Å². The normalized spacial score (nSPS) is 12.9. The molecule has 0 bridgehead atoms. The number of hydrogen-bond acceptors (Lipinski definition) is 9. The zero-order valence-electron chi connectivity index (χ0n) is 49.9. The third-order valence-corrected chi connectivity index (χ3v) is 17.9. The number of fused-ring (bicyclic) bond motifs is 12. The maximum atomic E-state index is 7.15. The molecule has 0 atom stereocenters. The Morgan fingerprint density at radius 3 is 1.63 bits per heavy atom. The monoisotopic (exact) mass is 1170 g/mol. The van der Waals surface area contributed by atoms with Crippen molar-refractivity contribution in [2.75, 3.05) is 0 Å². The zero-order chi connectivity index (χ0) is 60.9. The molecular weight excluding hydrogens is 1120 g/mol. The lowest BCUT2D eigenvalue weighted by atomic mass is 9.82. The lowest BCUT2D eigenvalue weighted by Crippen LogP contribution is -2.14. The van der Waals surface area contributed by atoms with Crippen LogP contribution in [0.15, 0.2) is 281 Å². The van der Waals surface area contributed by atoms with Gasteiger partial charge in [-0.15, -0.1) is 0 Å². The van der Waals surface area contributed by atoms with Gasteiger partial charge in [-0.3, -0.25) is 0 Å². The minimum absolute atomic E-state index is 0.136. The van der Waals surface area contributed by atoms with Crippen LogP contribution >= 0.6 is 0 Å². The van der Waals surface area contributed by atoms with Crippen LogP contribution < -0.4 is 0 Å². The summed E-state index contributed by atoms with van der Waals surface area (Å²) in [5, 5.41) is 5.75. The Kier molecular flexibility index (Phi) is 12.4. The minimum atomic E-state index is -0.136. The van der Waals surface area contributed by atoms with E-state index in [1.54, 1.807) is 6.08 Å². The molecule has 5 heterocycles. The number of nitrogens with zero attached hydrogens (tertiary/aromatic N) is 6. The molecule has 0 spiro atoms. The van der Waals surface area contributed by atoms with E-state index >= 15 is 0 Å². The minimum Gasteiger partial charge on any atom is -0.456 e. The van der Waals surface area contributed by atoms with E-state index in [0.717, 1.165) is 116 Å². The third-order valence-electron chi connectivity index (χ3n) is 17.9. The van der Waals surface area contributed by atoms with Crippen LogP contribution in [-0.4, -0.2) is 29.9 Å².